The molecular formula is C19H17N4O2+. The zero-order valence-corrected chi connectivity index (χ0v) is 13.7. The molecule has 0 saturated carbocycles. The summed E-state index contributed by atoms with van der Waals surface area (Å²) >= 11 is 0. The summed E-state index contributed by atoms with van der Waals surface area (Å²) in [5.74, 6) is 0.122. The van der Waals surface area contributed by atoms with Gasteiger partial charge in [-0.05, 0) is 25.1 Å². The highest BCUT2D eigenvalue weighted by Crippen LogP contribution is 2.20. The number of ether oxygens (including phenoxy) is 1. The molecule has 0 amide bonds. The smallest absolute Gasteiger partial charge is 0.357 e. The minimum atomic E-state index is -0.434. The standard InChI is InChI=1S/C19H17N4O2/c1-2-25-18(24)16-12-15-13-22-11-7-6-10-17(22)23(15)19(21-16)20-14-8-4-3-5-9-14/h3-13H,2H2,1H3,(H,20,21)/q+1. The van der Waals surface area contributed by atoms with Gasteiger partial charge in [-0.25, -0.2) is 9.20 Å². The van der Waals surface area contributed by atoms with Crippen molar-refractivity contribution in [3.63, 3.8) is 0 Å². The molecule has 0 aliphatic rings. The van der Waals surface area contributed by atoms with Gasteiger partial charge in [-0.2, -0.15) is 9.38 Å². The predicted molar refractivity (Wildman–Crippen MR) is 94.0 cm³/mol. The molecule has 25 heavy (non-hydrogen) atoms. The van der Waals surface area contributed by atoms with E-state index in [9.17, 15) is 4.79 Å². The van der Waals surface area contributed by atoms with Gasteiger partial charge in [0.15, 0.2) is 11.2 Å². The van der Waals surface area contributed by atoms with Gasteiger partial charge in [-0.1, -0.05) is 24.3 Å². The van der Waals surface area contributed by atoms with Crippen LogP contribution in [-0.2, 0) is 4.74 Å². The number of carbonyl (C=O) groups excluding carboxylic acids is 1. The molecule has 4 rings (SSSR count). The average molecular weight is 333 g/mol. The quantitative estimate of drug-likeness (QED) is 0.461. The zero-order chi connectivity index (χ0) is 17.2. The minimum absolute atomic E-state index is 0.274. The molecule has 1 aromatic carbocycles. The van der Waals surface area contributed by atoms with E-state index >= 15 is 0 Å². The monoisotopic (exact) mass is 333 g/mol. The number of anilines is 2. The minimum Gasteiger partial charge on any atom is -0.461 e. The van der Waals surface area contributed by atoms with Crippen LogP contribution in [0.1, 0.15) is 17.4 Å². The van der Waals surface area contributed by atoms with Crippen LogP contribution in [0.4, 0.5) is 11.6 Å². The highest BCUT2D eigenvalue weighted by atomic mass is 16.5. The Hall–Kier alpha value is -3.41. The van der Waals surface area contributed by atoms with Crippen LogP contribution in [0, 0.1) is 0 Å². The first-order valence-electron chi connectivity index (χ1n) is 8.08. The van der Waals surface area contributed by atoms with E-state index in [-0.39, 0.29) is 5.69 Å². The Balaban J connectivity index is 1.94. The number of fused-ring (bicyclic) bond motifs is 3. The van der Waals surface area contributed by atoms with Gasteiger partial charge >= 0.3 is 11.9 Å². The largest absolute Gasteiger partial charge is 0.461 e. The molecule has 0 spiro atoms. The van der Waals surface area contributed by atoms with Crippen LogP contribution in [0.2, 0.25) is 0 Å². The van der Waals surface area contributed by atoms with Gasteiger partial charge in [0.05, 0.1) is 12.8 Å². The van der Waals surface area contributed by atoms with Crippen LogP contribution in [0.3, 0.4) is 0 Å². The van der Waals surface area contributed by atoms with Crippen LogP contribution in [0.15, 0.2) is 67.0 Å². The number of esters is 1. The van der Waals surface area contributed by atoms with Crippen molar-refractivity contribution in [1.29, 1.82) is 0 Å². The van der Waals surface area contributed by atoms with E-state index in [2.05, 4.69) is 10.3 Å². The topological polar surface area (TPSA) is 59.7 Å². The van der Waals surface area contributed by atoms with E-state index in [1.54, 1.807) is 13.0 Å². The molecule has 0 fully saturated rings. The lowest BCUT2D eigenvalue weighted by atomic mass is 10.3. The maximum absolute atomic E-state index is 12.2. The number of imidazole rings is 1. The molecule has 0 radical (unpaired) electrons. The average Bonchev–Trinajstić information content (AvgIpc) is 3.01. The Morgan fingerprint density at radius 3 is 2.80 bits per heavy atom. The van der Waals surface area contributed by atoms with Crippen molar-refractivity contribution in [2.24, 2.45) is 0 Å². The lowest BCUT2D eigenvalue weighted by molar-refractivity contribution is -0.509. The summed E-state index contributed by atoms with van der Waals surface area (Å²) in [5.41, 5.74) is 2.96. The highest BCUT2D eigenvalue weighted by molar-refractivity contribution is 5.89. The first-order valence-corrected chi connectivity index (χ1v) is 8.08. The van der Waals surface area contributed by atoms with Crippen LogP contribution in [0.5, 0.6) is 0 Å². The molecule has 124 valence electrons. The molecule has 0 aliphatic heterocycles. The number of aromatic nitrogens is 3. The molecule has 0 bridgehead atoms. The predicted octanol–water partition coefficient (Wildman–Crippen LogP) is 2.99. The summed E-state index contributed by atoms with van der Waals surface area (Å²) in [4.78, 5) is 16.7. The van der Waals surface area contributed by atoms with Crippen LogP contribution >= 0.6 is 0 Å². The van der Waals surface area contributed by atoms with Crippen molar-refractivity contribution in [2.45, 2.75) is 6.92 Å². The van der Waals surface area contributed by atoms with Gasteiger partial charge in [0.25, 0.3) is 5.65 Å². The van der Waals surface area contributed by atoms with E-state index < -0.39 is 5.97 Å². The van der Waals surface area contributed by atoms with E-state index in [0.29, 0.717) is 12.6 Å². The summed E-state index contributed by atoms with van der Waals surface area (Å²) in [6, 6.07) is 17.4. The normalized spacial score (nSPS) is 10.9. The van der Waals surface area contributed by atoms with Gasteiger partial charge in [0, 0.05) is 17.8 Å². The fraction of sp³-hybridized carbons (Fsp3) is 0.105. The van der Waals surface area contributed by atoms with Gasteiger partial charge in [-0.3, -0.25) is 0 Å². The van der Waals surface area contributed by atoms with Crippen molar-refractivity contribution in [3.05, 3.63) is 72.7 Å². The Morgan fingerprint density at radius 1 is 1.20 bits per heavy atom. The third kappa shape index (κ3) is 2.78. The third-order valence-electron chi connectivity index (χ3n) is 3.86. The molecule has 0 atom stereocenters. The molecule has 6 heteroatoms. The first-order chi connectivity index (χ1) is 12.3. The van der Waals surface area contributed by atoms with E-state index in [1.807, 2.05) is 69.7 Å². The first kappa shape index (κ1) is 15.1. The van der Waals surface area contributed by atoms with Gasteiger partial charge in [0.2, 0.25) is 0 Å². The molecule has 6 nitrogen and oxygen atoms in total. The molecule has 0 aliphatic carbocycles. The number of pyridine rings is 1. The second kappa shape index (κ2) is 6.24. The molecule has 1 N–H and O–H groups in total. The van der Waals surface area contributed by atoms with Crippen molar-refractivity contribution < 1.29 is 13.9 Å². The molecule has 3 heterocycles. The Morgan fingerprint density at radius 2 is 2.00 bits per heavy atom. The fourth-order valence-electron chi connectivity index (χ4n) is 2.79. The van der Waals surface area contributed by atoms with Crippen molar-refractivity contribution >= 4 is 28.8 Å². The summed E-state index contributed by atoms with van der Waals surface area (Å²) in [5, 5.41) is 3.29. The molecular weight excluding hydrogens is 316 g/mol. The maximum atomic E-state index is 12.2. The summed E-state index contributed by atoms with van der Waals surface area (Å²) in [7, 11) is 0. The third-order valence-corrected chi connectivity index (χ3v) is 3.86. The number of nitrogens with zero attached hydrogens (tertiary/aromatic N) is 3. The summed E-state index contributed by atoms with van der Waals surface area (Å²) < 4.78 is 9.07. The Labute approximate surface area is 144 Å². The molecule has 0 unspecified atom stereocenters. The Bertz CT molecular complexity index is 1060. The lowest BCUT2D eigenvalue weighted by Crippen LogP contribution is -2.17. The zero-order valence-electron chi connectivity index (χ0n) is 13.7. The maximum Gasteiger partial charge on any atom is 0.357 e. The van der Waals surface area contributed by atoms with E-state index in [1.165, 1.54) is 0 Å². The molecule has 0 saturated heterocycles. The van der Waals surface area contributed by atoms with Crippen molar-refractivity contribution in [3.8, 4) is 0 Å². The number of nitrogens with one attached hydrogen (secondary N) is 1. The van der Waals surface area contributed by atoms with Gasteiger partial charge in [-0.15, -0.1) is 0 Å². The summed E-state index contributed by atoms with van der Waals surface area (Å²) in [6.07, 6.45) is 3.91. The number of hydrogen-bond acceptors (Lipinski definition) is 4. The van der Waals surface area contributed by atoms with Crippen molar-refractivity contribution in [1.82, 2.24) is 9.38 Å². The lowest BCUT2D eigenvalue weighted by Gasteiger charge is -2.06. The number of hydrogen-bond donors (Lipinski definition) is 1. The Kier molecular flexibility index (Phi) is 3.78. The summed E-state index contributed by atoms with van der Waals surface area (Å²) in [6.45, 7) is 2.09. The number of rotatable bonds is 4. The highest BCUT2D eigenvalue weighted by Gasteiger charge is 2.21. The molecule has 3 aromatic heterocycles. The van der Waals surface area contributed by atoms with Crippen LogP contribution in [0.25, 0.3) is 11.2 Å². The van der Waals surface area contributed by atoms with Crippen molar-refractivity contribution in [2.75, 3.05) is 11.9 Å². The van der Waals surface area contributed by atoms with Crippen LogP contribution < -0.4 is 9.72 Å². The number of para-hydroxylation sites is 1. The fourth-order valence-corrected chi connectivity index (χ4v) is 2.79. The van der Waals surface area contributed by atoms with Gasteiger partial charge in [0.1, 0.15) is 6.20 Å². The van der Waals surface area contributed by atoms with Crippen LogP contribution in [-0.4, -0.2) is 22.0 Å². The second-order valence-electron chi connectivity index (χ2n) is 5.53. The van der Waals surface area contributed by atoms with E-state index in [0.717, 1.165) is 16.9 Å². The number of carbonyl (C=O) groups is 1. The van der Waals surface area contributed by atoms with Gasteiger partial charge < -0.3 is 10.1 Å². The molecule has 4 aromatic rings. The SMILES string of the molecule is CCOC(=O)c1cc2c[n+]3ccccc3n2c(Nc2ccccc2)n1. The number of benzene rings is 1. The second-order valence-corrected chi connectivity index (χ2v) is 5.53. The van der Waals surface area contributed by atoms with E-state index in [4.69, 9.17) is 4.74 Å².